The first-order chi connectivity index (χ1) is 14.1. The van der Waals surface area contributed by atoms with Gasteiger partial charge in [-0.3, -0.25) is 4.79 Å². The highest BCUT2D eigenvalue weighted by Gasteiger charge is 2.08. The molecule has 0 saturated heterocycles. The van der Waals surface area contributed by atoms with Crippen molar-refractivity contribution in [2.75, 3.05) is 19.8 Å². The molecule has 0 N–H and O–H groups in total. The monoisotopic (exact) mass is 398 g/mol. The largest absolute Gasteiger partial charge is 0.494 e. The molecule has 0 unspecified atom stereocenters. The predicted octanol–water partition coefficient (Wildman–Crippen LogP) is 5.42. The van der Waals surface area contributed by atoms with Crippen molar-refractivity contribution in [2.24, 2.45) is 0 Å². The molecule has 0 aliphatic rings. The third-order valence-corrected chi connectivity index (χ3v) is 4.45. The summed E-state index contributed by atoms with van der Waals surface area (Å²) in [5, 5.41) is 0. The fourth-order valence-corrected chi connectivity index (χ4v) is 2.84. The Morgan fingerprint density at radius 1 is 0.724 bits per heavy atom. The van der Waals surface area contributed by atoms with Gasteiger partial charge in [-0.15, -0.1) is 0 Å². The molecule has 2 rings (SSSR count). The van der Waals surface area contributed by atoms with Crippen LogP contribution in [0, 0.1) is 0 Å². The molecule has 0 heterocycles. The van der Waals surface area contributed by atoms with Gasteiger partial charge < -0.3 is 14.2 Å². The topological polar surface area (TPSA) is 61.8 Å². The molecule has 0 aromatic heterocycles. The number of unbranched alkanes of at least 4 members (excludes halogenated alkanes) is 4. The van der Waals surface area contributed by atoms with Crippen LogP contribution < -0.4 is 4.74 Å². The Morgan fingerprint density at radius 2 is 1.31 bits per heavy atom. The minimum Gasteiger partial charge on any atom is -0.494 e. The van der Waals surface area contributed by atoms with E-state index in [0.717, 1.165) is 29.9 Å². The summed E-state index contributed by atoms with van der Waals surface area (Å²) < 4.78 is 15.6. The Bertz CT molecular complexity index is 750. The van der Waals surface area contributed by atoms with E-state index in [2.05, 4.69) is 6.92 Å². The molecule has 0 bridgehead atoms. The van der Waals surface area contributed by atoms with Crippen LogP contribution in [0.3, 0.4) is 0 Å². The van der Waals surface area contributed by atoms with Crippen molar-refractivity contribution in [3.05, 3.63) is 54.1 Å². The average Bonchev–Trinajstić information content (AvgIpc) is 2.74. The molecule has 2 aromatic rings. The molecular weight excluding hydrogens is 368 g/mol. The van der Waals surface area contributed by atoms with Crippen LogP contribution in [-0.2, 0) is 14.3 Å². The lowest BCUT2D eigenvalue weighted by Crippen LogP contribution is -2.12. The van der Waals surface area contributed by atoms with Crippen LogP contribution in [0.2, 0.25) is 0 Å². The molecule has 29 heavy (non-hydrogen) atoms. The molecule has 0 amide bonds. The molecular formula is C24H30O5. The molecule has 5 heteroatoms. The lowest BCUT2D eigenvalue weighted by atomic mass is 10.0. The summed E-state index contributed by atoms with van der Waals surface area (Å²) in [7, 11) is 0. The zero-order valence-electron chi connectivity index (χ0n) is 17.3. The van der Waals surface area contributed by atoms with Crippen molar-refractivity contribution in [1.82, 2.24) is 0 Å². The minimum atomic E-state index is -0.439. The molecule has 0 saturated carbocycles. The Kier molecular flexibility index (Phi) is 9.76. The van der Waals surface area contributed by atoms with Crippen LogP contribution in [-0.4, -0.2) is 31.8 Å². The predicted molar refractivity (Wildman–Crippen MR) is 113 cm³/mol. The number of hydrogen-bond acceptors (Lipinski definition) is 5. The van der Waals surface area contributed by atoms with E-state index in [1.54, 1.807) is 12.1 Å². The number of carbonyl (C=O) groups excluding carboxylic acids is 2. The van der Waals surface area contributed by atoms with Crippen LogP contribution >= 0.6 is 0 Å². The molecule has 0 atom stereocenters. The highest BCUT2D eigenvalue weighted by atomic mass is 16.6. The second-order valence-electron chi connectivity index (χ2n) is 6.84. The summed E-state index contributed by atoms with van der Waals surface area (Å²) in [5.41, 5.74) is 2.52. The quantitative estimate of drug-likeness (QED) is 0.353. The van der Waals surface area contributed by atoms with E-state index in [0.29, 0.717) is 5.56 Å². The van der Waals surface area contributed by atoms with E-state index in [4.69, 9.17) is 14.2 Å². The fraction of sp³-hybridized carbons (Fsp3) is 0.417. The summed E-state index contributed by atoms with van der Waals surface area (Å²) in [6, 6.07) is 15.2. The average molecular weight is 398 g/mol. The van der Waals surface area contributed by atoms with Crippen LogP contribution in [0.25, 0.3) is 11.1 Å². The van der Waals surface area contributed by atoms with Crippen molar-refractivity contribution in [1.29, 1.82) is 0 Å². The summed E-state index contributed by atoms with van der Waals surface area (Å²) in [6.07, 6.45) is 6.11. The molecule has 0 spiro atoms. The minimum absolute atomic E-state index is 0.0419. The SMILES string of the molecule is CCCCCCCOc1ccc(-c2ccc(C(=O)OCCOC(C)=O)cc2)cc1. The van der Waals surface area contributed by atoms with Gasteiger partial charge in [0.15, 0.2) is 0 Å². The van der Waals surface area contributed by atoms with Crippen LogP contribution in [0.1, 0.15) is 56.3 Å². The molecule has 2 aromatic carbocycles. The smallest absolute Gasteiger partial charge is 0.338 e. The van der Waals surface area contributed by atoms with Crippen molar-refractivity contribution in [2.45, 2.75) is 46.0 Å². The van der Waals surface area contributed by atoms with Gasteiger partial charge >= 0.3 is 11.9 Å². The van der Waals surface area contributed by atoms with Gasteiger partial charge in [0, 0.05) is 6.92 Å². The normalized spacial score (nSPS) is 10.4. The van der Waals surface area contributed by atoms with Gasteiger partial charge in [0.25, 0.3) is 0 Å². The summed E-state index contributed by atoms with van der Waals surface area (Å²) in [6.45, 7) is 4.38. The van der Waals surface area contributed by atoms with E-state index in [1.807, 2.05) is 36.4 Å². The first-order valence-corrected chi connectivity index (χ1v) is 10.2. The van der Waals surface area contributed by atoms with Gasteiger partial charge in [0.2, 0.25) is 0 Å². The maximum atomic E-state index is 12.0. The van der Waals surface area contributed by atoms with Gasteiger partial charge in [0.05, 0.1) is 12.2 Å². The second-order valence-corrected chi connectivity index (χ2v) is 6.84. The molecule has 0 fully saturated rings. The second kappa shape index (κ2) is 12.6. The van der Waals surface area contributed by atoms with Gasteiger partial charge in [-0.05, 0) is 41.8 Å². The lowest BCUT2D eigenvalue weighted by Gasteiger charge is -2.08. The number of rotatable bonds is 12. The highest BCUT2D eigenvalue weighted by Crippen LogP contribution is 2.23. The number of benzene rings is 2. The summed E-state index contributed by atoms with van der Waals surface area (Å²) >= 11 is 0. The molecule has 0 aliphatic heterocycles. The Morgan fingerprint density at radius 3 is 1.93 bits per heavy atom. The van der Waals surface area contributed by atoms with E-state index in [1.165, 1.54) is 32.6 Å². The Labute approximate surface area is 173 Å². The van der Waals surface area contributed by atoms with Crippen molar-refractivity contribution < 1.29 is 23.8 Å². The van der Waals surface area contributed by atoms with Gasteiger partial charge in [-0.1, -0.05) is 56.9 Å². The Hall–Kier alpha value is -2.82. The van der Waals surface area contributed by atoms with Crippen molar-refractivity contribution in [3.8, 4) is 16.9 Å². The summed E-state index contributed by atoms with van der Waals surface area (Å²) in [4.78, 5) is 22.7. The summed E-state index contributed by atoms with van der Waals surface area (Å²) in [5.74, 6) is 0.0393. The van der Waals surface area contributed by atoms with E-state index < -0.39 is 11.9 Å². The van der Waals surface area contributed by atoms with E-state index in [-0.39, 0.29) is 13.2 Å². The molecule has 5 nitrogen and oxygen atoms in total. The van der Waals surface area contributed by atoms with Crippen molar-refractivity contribution >= 4 is 11.9 Å². The maximum absolute atomic E-state index is 12.0. The van der Waals surface area contributed by atoms with E-state index >= 15 is 0 Å². The molecule has 0 aliphatic carbocycles. The number of ether oxygens (including phenoxy) is 3. The first kappa shape index (κ1) is 22.5. The number of hydrogen-bond donors (Lipinski definition) is 0. The van der Waals surface area contributed by atoms with Crippen molar-refractivity contribution in [3.63, 3.8) is 0 Å². The van der Waals surface area contributed by atoms with Crippen LogP contribution in [0.15, 0.2) is 48.5 Å². The van der Waals surface area contributed by atoms with E-state index in [9.17, 15) is 9.59 Å². The Balaban J connectivity index is 1.80. The highest BCUT2D eigenvalue weighted by molar-refractivity contribution is 5.90. The van der Waals surface area contributed by atoms with Crippen LogP contribution in [0.5, 0.6) is 5.75 Å². The third-order valence-electron chi connectivity index (χ3n) is 4.45. The zero-order valence-corrected chi connectivity index (χ0v) is 17.3. The zero-order chi connectivity index (χ0) is 20.9. The maximum Gasteiger partial charge on any atom is 0.338 e. The van der Waals surface area contributed by atoms with Gasteiger partial charge in [0.1, 0.15) is 19.0 Å². The lowest BCUT2D eigenvalue weighted by molar-refractivity contribution is -0.142. The van der Waals surface area contributed by atoms with Gasteiger partial charge in [-0.25, -0.2) is 4.79 Å². The van der Waals surface area contributed by atoms with Crippen LogP contribution in [0.4, 0.5) is 0 Å². The molecule has 156 valence electrons. The third kappa shape index (κ3) is 8.38. The molecule has 0 radical (unpaired) electrons. The first-order valence-electron chi connectivity index (χ1n) is 10.2. The van der Waals surface area contributed by atoms with Gasteiger partial charge in [-0.2, -0.15) is 0 Å². The number of esters is 2. The number of carbonyl (C=O) groups is 2. The fourth-order valence-electron chi connectivity index (χ4n) is 2.84. The standard InChI is InChI=1S/C24H30O5/c1-3-4-5-6-7-16-28-23-14-12-21(13-15-23)20-8-10-22(11-9-20)24(26)29-18-17-27-19(2)25/h8-15H,3-7,16-18H2,1-2H3.